The number of carbonyl (C=O) groups is 2. The number of carbonyl (C=O) groups excluding carboxylic acids is 2. The Morgan fingerprint density at radius 3 is 2.34 bits per heavy atom. The number of Topliss-reactive ketones (excluding diaryl/α,β-unsaturated/α-hetero) is 1. The number of halogens is 1. The van der Waals surface area contributed by atoms with E-state index in [0.29, 0.717) is 16.7 Å². The first-order chi connectivity index (χ1) is 14.1. The molecule has 1 atom stereocenters. The number of aromatic amines is 1. The monoisotopic (exact) mass is 387 g/mol. The molecule has 1 aromatic heterocycles. The summed E-state index contributed by atoms with van der Waals surface area (Å²) in [6.45, 7) is 0. The Morgan fingerprint density at radius 2 is 1.59 bits per heavy atom. The first kappa shape index (κ1) is 18.6. The molecule has 29 heavy (non-hydrogen) atoms. The number of rotatable bonds is 6. The lowest BCUT2D eigenvalue weighted by Crippen LogP contribution is -2.21. The zero-order chi connectivity index (χ0) is 20.2. The lowest BCUT2D eigenvalue weighted by atomic mass is 9.99. The summed E-state index contributed by atoms with van der Waals surface area (Å²) in [4.78, 5) is 28.9. The van der Waals surface area contributed by atoms with E-state index in [-0.39, 0.29) is 18.0 Å². The highest BCUT2D eigenvalue weighted by Crippen LogP contribution is 2.27. The molecule has 3 aromatic carbocycles. The summed E-state index contributed by atoms with van der Waals surface area (Å²) in [5.41, 5.74) is 2.50. The van der Waals surface area contributed by atoms with Gasteiger partial charge in [0.15, 0.2) is 6.10 Å². The number of hydrogen-bond acceptors (Lipinski definition) is 3. The predicted octanol–water partition coefficient (Wildman–Crippen LogP) is 5.02. The topological polar surface area (TPSA) is 59.2 Å². The van der Waals surface area contributed by atoms with Gasteiger partial charge in [0.1, 0.15) is 5.82 Å². The third-order valence-electron chi connectivity index (χ3n) is 4.71. The molecule has 0 aliphatic rings. The molecule has 4 aromatic rings. The largest absolute Gasteiger partial charge is 0.449 e. The lowest BCUT2D eigenvalue weighted by Gasteiger charge is -2.17. The molecule has 5 heteroatoms. The van der Waals surface area contributed by atoms with Crippen molar-refractivity contribution in [2.24, 2.45) is 0 Å². The summed E-state index contributed by atoms with van der Waals surface area (Å²) in [7, 11) is 0. The van der Waals surface area contributed by atoms with Crippen LogP contribution in [0.3, 0.4) is 0 Å². The second-order valence-corrected chi connectivity index (χ2v) is 6.70. The smallest absolute Gasteiger partial charge is 0.311 e. The number of ether oxygens (including phenoxy) is 1. The van der Waals surface area contributed by atoms with Crippen LogP contribution in [0.2, 0.25) is 0 Å². The van der Waals surface area contributed by atoms with E-state index in [4.69, 9.17) is 4.74 Å². The van der Waals surface area contributed by atoms with Crippen LogP contribution in [0.4, 0.5) is 4.39 Å². The van der Waals surface area contributed by atoms with Gasteiger partial charge in [0.05, 0.1) is 6.42 Å². The maximum atomic E-state index is 13.3. The number of para-hydroxylation sites is 1. The molecule has 0 fully saturated rings. The van der Waals surface area contributed by atoms with Gasteiger partial charge in [-0.15, -0.1) is 0 Å². The molecule has 1 heterocycles. The van der Waals surface area contributed by atoms with Crippen molar-refractivity contribution in [1.29, 1.82) is 0 Å². The van der Waals surface area contributed by atoms with E-state index in [0.717, 1.165) is 10.9 Å². The molecule has 1 N–H and O–H groups in total. The molecule has 0 aliphatic heterocycles. The van der Waals surface area contributed by atoms with Gasteiger partial charge in [-0.2, -0.15) is 0 Å². The number of ketones is 1. The summed E-state index contributed by atoms with van der Waals surface area (Å²) in [5, 5.41) is 0.771. The van der Waals surface area contributed by atoms with Gasteiger partial charge in [-0.05, 0) is 23.8 Å². The maximum absolute atomic E-state index is 13.3. The van der Waals surface area contributed by atoms with Crippen molar-refractivity contribution in [3.05, 3.63) is 108 Å². The molecule has 0 aliphatic carbocycles. The molecule has 1 unspecified atom stereocenters. The quantitative estimate of drug-likeness (QED) is 0.373. The predicted molar refractivity (Wildman–Crippen MR) is 108 cm³/mol. The molecule has 4 nitrogen and oxygen atoms in total. The Labute approximate surface area is 166 Å². The molecule has 0 spiro atoms. The Kier molecular flexibility index (Phi) is 5.20. The highest BCUT2D eigenvalue weighted by molar-refractivity contribution is 6.10. The van der Waals surface area contributed by atoms with Crippen LogP contribution in [0, 0.1) is 5.82 Å². The molecule has 4 rings (SSSR count). The van der Waals surface area contributed by atoms with Crippen LogP contribution in [-0.2, 0) is 16.0 Å². The van der Waals surface area contributed by atoms with Crippen molar-refractivity contribution in [3.63, 3.8) is 0 Å². The van der Waals surface area contributed by atoms with Crippen molar-refractivity contribution in [2.75, 3.05) is 0 Å². The van der Waals surface area contributed by atoms with Gasteiger partial charge in [-0.25, -0.2) is 4.39 Å². The molecular formula is C24H18FNO3. The van der Waals surface area contributed by atoms with E-state index >= 15 is 0 Å². The van der Waals surface area contributed by atoms with Crippen molar-refractivity contribution in [3.8, 4) is 0 Å². The van der Waals surface area contributed by atoms with E-state index in [2.05, 4.69) is 4.98 Å². The standard InChI is InChI=1S/C24H18FNO3/c25-18-12-10-16(11-13-18)14-22(27)29-24(17-6-2-1-3-7-17)23(28)20-15-26-21-9-5-4-8-19(20)21/h1-13,15,24,26H,14H2. The van der Waals surface area contributed by atoms with Crippen LogP contribution in [0.1, 0.15) is 27.6 Å². The van der Waals surface area contributed by atoms with Gasteiger partial charge in [0, 0.05) is 28.2 Å². The fourth-order valence-corrected chi connectivity index (χ4v) is 3.26. The molecule has 0 saturated carbocycles. The third kappa shape index (κ3) is 4.09. The lowest BCUT2D eigenvalue weighted by molar-refractivity contribution is -0.146. The van der Waals surface area contributed by atoms with Gasteiger partial charge >= 0.3 is 5.97 Å². The molecule has 0 saturated heterocycles. The number of esters is 1. The summed E-state index contributed by atoms with van der Waals surface area (Å²) in [6, 6.07) is 22.0. The zero-order valence-corrected chi connectivity index (χ0v) is 15.5. The number of aromatic nitrogens is 1. The van der Waals surface area contributed by atoms with Crippen molar-refractivity contribution in [2.45, 2.75) is 12.5 Å². The summed E-state index contributed by atoms with van der Waals surface area (Å²) in [6.07, 6.45) is 0.519. The minimum Gasteiger partial charge on any atom is -0.449 e. The van der Waals surface area contributed by atoms with Crippen molar-refractivity contribution >= 4 is 22.7 Å². The van der Waals surface area contributed by atoms with Gasteiger partial charge in [0.25, 0.3) is 0 Å². The number of benzene rings is 3. The fraction of sp³-hybridized carbons (Fsp3) is 0.0833. The van der Waals surface area contributed by atoms with Gasteiger partial charge in [-0.3, -0.25) is 9.59 Å². The number of H-pyrrole nitrogens is 1. The summed E-state index contributed by atoms with van der Waals surface area (Å²) < 4.78 is 18.7. The van der Waals surface area contributed by atoms with Crippen LogP contribution in [0.15, 0.2) is 85.1 Å². The van der Waals surface area contributed by atoms with Crippen LogP contribution in [0.25, 0.3) is 10.9 Å². The minimum atomic E-state index is -1.07. The van der Waals surface area contributed by atoms with E-state index in [9.17, 15) is 14.0 Å². The number of hydrogen-bond donors (Lipinski definition) is 1. The van der Waals surface area contributed by atoms with Crippen molar-refractivity contribution < 1.29 is 18.7 Å². The van der Waals surface area contributed by atoms with E-state index in [1.807, 2.05) is 30.3 Å². The number of fused-ring (bicyclic) bond motifs is 1. The SMILES string of the molecule is O=C(Cc1ccc(F)cc1)OC(C(=O)c1c[nH]c2ccccc12)c1ccccc1. The van der Waals surface area contributed by atoms with Crippen LogP contribution in [0.5, 0.6) is 0 Å². The normalized spacial score (nSPS) is 11.9. The average molecular weight is 387 g/mol. The highest BCUT2D eigenvalue weighted by Gasteiger charge is 2.28. The average Bonchev–Trinajstić information content (AvgIpc) is 3.18. The first-order valence-corrected chi connectivity index (χ1v) is 9.21. The molecule has 0 bridgehead atoms. The van der Waals surface area contributed by atoms with E-state index in [1.54, 1.807) is 30.5 Å². The molecule has 0 radical (unpaired) electrons. The Morgan fingerprint density at radius 1 is 0.897 bits per heavy atom. The minimum absolute atomic E-state index is 0.0508. The molecule has 0 amide bonds. The van der Waals surface area contributed by atoms with Gasteiger partial charge in [-0.1, -0.05) is 60.7 Å². The van der Waals surface area contributed by atoms with Gasteiger partial charge < -0.3 is 9.72 Å². The van der Waals surface area contributed by atoms with Crippen molar-refractivity contribution in [1.82, 2.24) is 4.98 Å². The maximum Gasteiger partial charge on any atom is 0.311 e. The van der Waals surface area contributed by atoms with Crippen LogP contribution in [-0.4, -0.2) is 16.7 Å². The second kappa shape index (κ2) is 8.10. The van der Waals surface area contributed by atoms with E-state index < -0.39 is 12.1 Å². The highest BCUT2D eigenvalue weighted by atomic mass is 19.1. The second-order valence-electron chi connectivity index (χ2n) is 6.70. The summed E-state index contributed by atoms with van der Waals surface area (Å²) in [5.74, 6) is -1.24. The fourth-order valence-electron chi connectivity index (χ4n) is 3.26. The van der Waals surface area contributed by atoms with Crippen LogP contribution >= 0.6 is 0 Å². The third-order valence-corrected chi connectivity index (χ3v) is 4.71. The zero-order valence-electron chi connectivity index (χ0n) is 15.5. The molecule has 144 valence electrons. The van der Waals surface area contributed by atoms with Gasteiger partial charge in [0.2, 0.25) is 5.78 Å². The summed E-state index contributed by atoms with van der Waals surface area (Å²) >= 11 is 0. The number of nitrogens with one attached hydrogen (secondary N) is 1. The van der Waals surface area contributed by atoms with Crippen LogP contribution < -0.4 is 0 Å². The Balaban J connectivity index is 1.62. The Bertz CT molecular complexity index is 1150. The molecular weight excluding hydrogens is 369 g/mol. The van der Waals surface area contributed by atoms with E-state index in [1.165, 1.54) is 24.3 Å². The Hall–Kier alpha value is -3.73. The first-order valence-electron chi connectivity index (χ1n) is 9.21.